The van der Waals surface area contributed by atoms with Crippen molar-refractivity contribution in [1.29, 1.82) is 0 Å². The predicted molar refractivity (Wildman–Crippen MR) is 42.7 cm³/mol. The molecule has 1 nitrogen and oxygen atoms in total. The quantitative estimate of drug-likeness (QED) is 0.496. The van der Waals surface area contributed by atoms with E-state index in [0.29, 0.717) is 6.61 Å². The summed E-state index contributed by atoms with van der Waals surface area (Å²) in [7, 11) is 0. The number of ether oxygens (including phenoxy) is 1. The van der Waals surface area contributed by atoms with Crippen molar-refractivity contribution in [2.45, 2.75) is 21.7 Å². The Bertz CT molecular complexity index is 124. The summed E-state index contributed by atoms with van der Waals surface area (Å²) >= 11 is -1.82. The molecule has 0 aliphatic heterocycles. The second-order valence-corrected chi connectivity index (χ2v) is 16.5. The molecule has 9 heavy (non-hydrogen) atoms. The van der Waals surface area contributed by atoms with Crippen LogP contribution in [0.15, 0.2) is 0 Å². The molecular formula is C7H14OSn. The number of hydrogen-bond donors (Lipinski definition) is 0. The first-order chi connectivity index (χ1) is 4.06. The van der Waals surface area contributed by atoms with Crippen LogP contribution in [0.2, 0.25) is 14.8 Å². The van der Waals surface area contributed by atoms with Crippen LogP contribution >= 0.6 is 0 Å². The van der Waals surface area contributed by atoms with E-state index in [1.54, 1.807) is 0 Å². The maximum absolute atomic E-state index is 4.90. The zero-order valence-electron chi connectivity index (χ0n) is 6.62. The van der Waals surface area contributed by atoms with Crippen molar-refractivity contribution in [3.63, 3.8) is 0 Å². The molecule has 0 N–H and O–H groups in total. The minimum absolute atomic E-state index is 0.703. The summed E-state index contributed by atoms with van der Waals surface area (Å²) in [6.45, 7) is 2.65. The van der Waals surface area contributed by atoms with E-state index >= 15 is 0 Å². The van der Waals surface area contributed by atoms with Crippen molar-refractivity contribution >= 4 is 18.4 Å². The van der Waals surface area contributed by atoms with Crippen molar-refractivity contribution in [1.82, 2.24) is 0 Å². The fourth-order valence-electron chi connectivity index (χ4n) is 0.261. The van der Waals surface area contributed by atoms with Crippen LogP contribution in [-0.2, 0) is 4.74 Å². The Morgan fingerprint density at radius 3 is 2.22 bits per heavy atom. The zero-order valence-corrected chi connectivity index (χ0v) is 9.47. The van der Waals surface area contributed by atoms with Crippen LogP contribution in [0.1, 0.15) is 6.92 Å². The van der Waals surface area contributed by atoms with Crippen LogP contribution < -0.4 is 0 Å². The average molecular weight is 233 g/mol. The van der Waals surface area contributed by atoms with Crippen LogP contribution in [0, 0.1) is 10.0 Å². The van der Waals surface area contributed by atoms with Gasteiger partial charge in [0.15, 0.2) is 0 Å². The van der Waals surface area contributed by atoms with Gasteiger partial charge in [-0.3, -0.25) is 0 Å². The van der Waals surface area contributed by atoms with Gasteiger partial charge in [-0.15, -0.1) is 0 Å². The second kappa shape index (κ2) is 4.05. The third-order valence-electron chi connectivity index (χ3n) is 0.643. The van der Waals surface area contributed by atoms with Crippen LogP contribution in [0.5, 0.6) is 0 Å². The molecule has 0 fully saturated rings. The van der Waals surface area contributed by atoms with E-state index in [1.165, 1.54) is 0 Å². The monoisotopic (exact) mass is 234 g/mol. The molecule has 52 valence electrons. The summed E-state index contributed by atoms with van der Waals surface area (Å²) in [5, 5.41) is 0. The van der Waals surface area contributed by atoms with Crippen molar-refractivity contribution in [3.05, 3.63) is 0 Å². The summed E-state index contributed by atoms with van der Waals surface area (Å²) in [4.78, 5) is 6.79. The Kier molecular flexibility index (Phi) is 4.12. The standard InChI is InChI=1S/C4H5O.3CH3.Sn/c1-3-5-4-2;;;;/h3H2,1H3;3*1H3;. The molecule has 2 heteroatoms. The van der Waals surface area contributed by atoms with Crippen molar-refractivity contribution in [2.75, 3.05) is 6.61 Å². The van der Waals surface area contributed by atoms with Gasteiger partial charge in [0.1, 0.15) is 0 Å². The van der Waals surface area contributed by atoms with Gasteiger partial charge in [0.25, 0.3) is 0 Å². The molecule has 0 aliphatic rings. The third-order valence-corrected chi connectivity index (χ3v) is 3.07. The van der Waals surface area contributed by atoms with Crippen molar-refractivity contribution in [2.24, 2.45) is 0 Å². The summed E-state index contributed by atoms with van der Waals surface area (Å²) in [5.41, 5.74) is 0. The molecule has 0 amide bonds. The fraction of sp³-hybridized carbons (Fsp3) is 0.714. The van der Waals surface area contributed by atoms with E-state index in [9.17, 15) is 0 Å². The minimum atomic E-state index is -1.82. The van der Waals surface area contributed by atoms with Gasteiger partial charge in [-0.25, -0.2) is 0 Å². The molecule has 0 saturated carbocycles. The molecule has 0 unspecified atom stereocenters. The Labute approximate surface area is 61.7 Å². The van der Waals surface area contributed by atoms with Crippen LogP contribution in [0.25, 0.3) is 0 Å². The summed E-state index contributed by atoms with van der Waals surface area (Å²) in [5.74, 6) is 0. The third kappa shape index (κ3) is 8.16. The normalized spacial score (nSPS) is 9.78. The molecule has 0 aromatic carbocycles. The van der Waals surface area contributed by atoms with Gasteiger partial charge < -0.3 is 0 Å². The molecule has 0 radical (unpaired) electrons. The van der Waals surface area contributed by atoms with Crippen molar-refractivity contribution < 1.29 is 4.74 Å². The fourth-order valence-corrected chi connectivity index (χ4v) is 1.34. The van der Waals surface area contributed by atoms with Gasteiger partial charge in [0.05, 0.1) is 0 Å². The predicted octanol–water partition coefficient (Wildman–Crippen LogP) is 1.86. The molecule has 0 aromatic rings. The first kappa shape index (κ1) is 9.16. The van der Waals surface area contributed by atoms with Gasteiger partial charge in [-0.2, -0.15) is 0 Å². The Hall–Kier alpha value is 0.159. The summed E-state index contributed by atoms with van der Waals surface area (Å²) < 4.78 is 8.06. The summed E-state index contributed by atoms with van der Waals surface area (Å²) in [6, 6.07) is 0. The van der Waals surface area contributed by atoms with Gasteiger partial charge in [-0.1, -0.05) is 0 Å². The van der Waals surface area contributed by atoms with E-state index in [0.717, 1.165) is 0 Å². The molecule has 0 heterocycles. The molecule has 0 spiro atoms. The summed E-state index contributed by atoms with van der Waals surface area (Å²) in [6.07, 6.45) is 2.72. The SMILES string of the molecule is CCOC#[C][Sn]([CH3])([CH3])[CH3]. The van der Waals surface area contributed by atoms with Crippen LogP contribution in [0.4, 0.5) is 0 Å². The van der Waals surface area contributed by atoms with E-state index in [-0.39, 0.29) is 0 Å². The first-order valence-corrected chi connectivity index (χ1v) is 13.2. The molecule has 0 aromatic heterocycles. The van der Waals surface area contributed by atoms with Gasteiger partial charge in [0.2, 0.25) is 0 Å². The van der Waals surface area contributed by atoms with Gasteiger partial charge >= 0.3 is 61.5 Å². The molecule has 0 atom stereocenters. The first-order valence-electron chi connectivity index (χ1n) is 3.20. The molecule has 0 bridgehead atoms. The number of rotatable bonds is 1. The van der Waals surface area contributed by atoms with E-state index < -0.39 is 18.4 Å². The van der Waals surface area contributed by atoms with E-state index in [2.05, 4.69) is 24.9 Å². The molecular weight excluding hydrogens is 219 g/mol. The Morgan fingerprint density at radius 1 is 1.33 bits per heavy atom. The zero-order chi connectivity index (χ0) is 7.33. The van der Waals surface area contributed by atoms with E-state index in [4.69, 9.17) is 4.74 Å². The van der Waals surface area contributed by atoms with Crippen LogP contribution in [0.3, 0.4) is 0 Å². The second-order valence-electron chi connectivity index (χ2n) is 2.91. The number of hydrogen-bond acceptors (Lipinski definition) is 1. The molecule has 0 saturated heterocycles. The maximum atomic E-state index is 4.90. The van der Waals surface area contributed by atoms with Crippen molar-refractivity contribution in [3.8, 4) is 10.0 Å². The average Bonchev–Trinajstić information content (AvgIpc) is 1.63. The topological polar surface area (TPSA) is 9.23 Å². The van der Waals surface area contributed by atoms with Gasteiger partial charge in [0, 0.05) is 0 Å². The Morgan fingerprint density at radius 2 is 1.89 bits per heavy atom. The van der Waals surface area contributed by atoms with E-state index in [1.807, 2.05) is 6.92 Å². The Balaban J connectivity index is 3.59. The van der Waals surface area contributed by atoms with Crippen LogP contribution in [-0.4, -0.2) is 25.0 Å². The molecule has 0 rings (SSSR count). The van der Waals surface area contributed by atoms with Gasteiger partial charge in [-0.05, 0) is 0 Å². The molecule has 0 aliphatic carbocycles.